The summed E-state index contributed by atoms with van der Waals surface area (Å²) >= 11 is 6.00. The van der Waals surface area contributed by atoms with E-state index in [4.69, 9.17) is 11.6 Å². The van der Waals surface area contributed by atoms with E-state index in [2.05, 4.69) is 20.3 Å². The molecule has 0 spiro atoms. The molecule has 1 saturated carbocycles. The van der Waals surface area contributed by atoms with Crippen molar-refractivity contribution >= 4 is 28.7 Å². The number of aromatic amines is 1. The first-order chi connectivity index (χ1) is 13.2. The number of fused-ring (bicyclic) bond motifs is 1. The van der Waals surface area contributed by atoms with E-state index >= 15 is 0 Å². The minimum absolute atomic E-state index is 0.00528. The van der Waals surface area contributed by atoms with Gasteiger partial charge in [0.1, 0.15) is 5.82 Å². The summed E-state index contributed by atoms with van der Waals surface area (Å²) in [6.45, 7) is 1.25. The van der Waals surface area contributed by atoms with E-state index < -0.39 is 0 Å². The van der Waals surface area contributed by atoms with Crippen molar-refractivity contribution in [2.75, 3.05) is 6.54 Å². The maximum absolute atomic E-state index is 12.6. The van der Waals surface area contributed by atoms with Crippen LogP contribution in [0.2, 0.25) is 5.02 Å². The first kappa shape index (κ1) is 17.8. The van der Waals surface area contributed by atoms with Crippen LogP contribution < -0.4 is 5.32 Å². The van der Waals surface area contributed by atoms with Crippen LogP contribution in [0.25, 0.3) is 11.0 Å². The average molecular weight is 384 g/mol. The Morgan fingerprint density at radius 2 is 2.07 bits per heavy atom. The molecule has 140 valence electrons. The van der Waals surface area contributed by atoms with Crippen LogP contribution in [0.3, 0.4) is 0 Å². The molecular formula is C20H22ClN5O. The van der Waals surface area contributed by atoms with Crippen LogP contribution in [-0.2, 0) is 13.0 Å². The zero-order valence-corrected chi connectivity index (χ0v) is 15.7. The summed E-state index contributed by atoms with van der Waals surface area (Å²) in [7, 11) is 0. The highest BCUT2D eigenvalue weighted by molar-refractivity contribution is 6.31. The SMILES string of the molecule is O=C(NCCCc1nc2ccc(Cl)cc2[nH]1)N(Cc1ccncc1)C1CC1. The molecule has 1 aliphatic rings. The number of H-pyrrole nitrogens is 1. The Kier molecular flexibility index (Phi) is 5.25. The lowest BCUT2D eigenvalue weighted by molar-refractivity contribution is 0.192. The van der Waals surface area contributed by atoms with Gasteiger partial charge in [-0.15, -0.1) is 0 Å². The van der Waals surface area contributed by atoms with Crippen molar-refractivity contribution in [3.8, 4) is 0 Å². The second-order valence-corrected chi connectivity index (χ2v) is 7.33. The summed E-state index contributed by atoms with van der Waals surface area (Å²) in [4.78, 5) is 26.4. The van der Waals surface area contributed by atoms with Crippen molar-refractivity contribution in [3.05, 3.63) is 59.1 Å². The Labute approximate surface area is 163 Å². The number of nitrogens with zero attached hydrogens (tertiary/aromatic N) is 3. The van der Waals surface area contributed by atoms with Crippen molar-refractivity contribution in [2.45, 2.75) is 38.3 Å². The molecule has 0 radical (unpaired) electrons. The number of amides is 2. The summed E-state index contributed by atoms with van der Waals surface area (Å²) in [5.74, 6) is 0.914. The van der Waals surface area contributed by atoms with E-state index in [0.717, 1.165) is 48.1 Å². The molecule has 7 heteroatoms. The number of carbonyl (C=O) groups is 1. The van der Waals surface area contributed by atoms with Crippen LogP contribution in [0.5, 0.6) is 0 Å². The van der Waals surface area contributed by atoms with Crippen LogP contribution in [0.15, 0.2) is 42.7 Å². The van der Waals surface area contributed by atoms with E-state index in [9.17, 15) is 4.79 Å². The molecule has 1 aliphatic carbocycles. The monoisotopic (exact) mass is 383 g/mol. The fraction of sp³-hybridized carbons (Fsp3) is 0.350. The minimum atomic E-state index is 0.00528. The summed E-state index contributed by atoms with van der Waals surface area (Å²) in [6.07, 6.45) is 7.30. The largest absolute Gasteiger partial charge is 0.342 e. The standard InChI is InChI=1S/C20H22ClN5O/c21-15-3-6-17-18(12-15)25-19(24-17)2-1-9-23-20(27)26(16-4-5-16)13-14-7-10-22-11-8-14/h3,6-8,10-12,16H,1-2,4-5,9,13H2,(H,23,27)(H,24,25). The van der Waals surface area contributed by atoms with Gasteiger partial charge in [0.15, 0.2) is 0 Å². The van der Waals surface area contributed by atoms with Gasteiger partial charge in [-0.1, -0.05) is 11.6 Å². The van der Waals surface area contributed by atoms with Gasteiger partial charge in [-0.25, -0.2) is 9.78 Å². The summed E-state index contributed by atoms with van der Waals surface area (Å²) < 4.78 is 0. The Balaban J connectivity index is 1.27. The number of nitrogens with one attached hydrogen (secondary N) is 2. The molecule has 2 heterocycles. The average Bonchev–Trinajstić information content (AvgIpc) is 3.43. The van der Waals surface area contributed by atoms with Crippen molar-refractivity contribution in [1.29, 1.82) is 0 Å². The fourth-order valence-corrected chi connectivity index (χ4v) is 3.32. The second-order valence-electron chi connectivity index (χ2n) is 6.89. The molecule has 3 aromatic rings. The highest BCUT2D eigenvalue weighted by Crippen LogP contribution is 2.28. The van der Waals surface area contributed by atoms with Gasteiger partial charge in [0.05, 0.1) is 11.0 Å². The van der Waals surface area contributed by atoms with E-state index in [1.54, 1.807) is 12.4 Å². The van der Waals surface area contributed by atoms with Crippen LogP contribution in [-0.4, -0.2) is 38.5 Å². The number of urea groups is 1. The third-order valence-electron chi connectivity index (χ3n) is 4.71. The maximum atomic E-state index is 12.6. The molecule has 2 aromatic heterocycles. The quantitative estimate of drug-likeness (QED) is 0.607. The lowest BCUT2D eigenvalue weighted by Crippen LogP contribution is -2.41. The van der Waals surface area contributed by atoms with Crippen LogP contribution in [0.1, 0.15) is 30.7 Å². The van der Waals surface area contributed by atoms with Gasteiger partial charge in [-0.2, -0.15) is 0 Å². The molecule has 4 rings (SSSR count). The number of hydrogen-bond acceptors (Lipinski definition) is 3. The zero-order chi connectivity index (χ0) is 18.6. The normalized spacial score (nSPS) is 13.7. The molecule has 0 saturated heterocycles. The molecule has 2 N–H and O–H groups in total. The lowest BCUT2D eigenvalue weighted by atomic mass is 10.2. The van der Waals surface area contributed by atoms with E-state index in [-0.39, 0.29) is 6.03 Å². The molecule has 1 aromatic carbocycles. The molecule has 6 nitrogen and oxygen atoms in total. The molecule has 0 bridgehead atoms. The predicted octanol–water partition coefficient (Wildman–Crippen LogP) is 3.92. The highest BCUT2D eigenvalue weighted by atomic mass is 35.5. The number of halogens is 1. The molecule has 0 aliphatic heterocycles. The molecule has 27 heavy (non-hydrogen) atoms. The zero-order valence-electron chi connectivity index (χ0n) is 15.0. The molecule has 0 atom stereocenters. The fourth-order valence-electron chi connectivity index (χ4n) is 3.14. The van der Waals surface area contributed by atoms with Gasteiger partial charge in [0.2, 0.25) is 0 Å². The molecule has 2 amide bonds. The minimum Gasteiger partial charge on any atom is -0.342 e. The summed E-state index contributed by atoms with van der Waals surface area (Å²) in [5.41, 5.74) is 2.96. The number of carbonyl (C=O) groups excluding carboxylic acids is 1. The Morgan fingerprint density at radius 1 is 1.26 bits per heavy atom. The van der Waals surface area contributed by atoms with Crippen molar-refractivity contribution in [1.82, 2.24) is 25.2 Å². The van der Waals surface area contributed by atoms with Gasteiger partial charge in [-0.05, 0) is 55.2 Å². The molecule has 0 unspecified atom stereocenters. The first-order valence-electron chi connectivity index (χ1n) is 9.26. The number of hydrogen-bond donors (Lipinski definition) is 2. The van der Waals surface area contributed by atoms with Crippen LogP contribution in [0, 0.1) is 0 Å². The summed E-state index contributed by atoms with van der Waals surface area (Å²) in [6, 6.07) is 9.90. The number of benzene rings is 1. The topological polar surface area (TPSA) is 73.9 Å². The highest BCUT2D eigenvalue weighted by Gasteiger charge is 2.32. The lowest BCUT2D eigenvalue weighted by Gasteiger charge is -2.23. The second kappa shape index (κ2) is 7.96. The van der Waals surface area contributed by atoms with E-state index in [1.165, 1.54) is 0 Å². The van der Waals surface area contributed by atoms with E-state index in [1.807, 2.05) is 35.2 Å². The van der Waals surface area contributed by atoms with Crippen molar-refractivity contribution in [3.63, 3.8) is 0 Å². The third kappa shape index (κ3) is 4.57. The summed E-state index contributed by atoms with van der Waals surface area (Å²) in [5, 5.41) is 3.74. The number of aryl methyl sites for hydroxylation is 1. The van der Waals surface area contributed by atoms with Gasteiger partial charge in [0, 0.05) is 43.0 Å². The molecular weight excluding hydrogens is 362 g/mol. The third-order valence-corrected chi connectivity index (χ3v) is 4.95. The Hall–Kier alpha value is -2.60. The van der Waals surface area contributed by atoms with Gasteiger partial charge >= 0.3 is 6.03 Å². The van der Waals surface area contributed by atoms with Gasteiger partial charge < -0.3 is 15.2 Å². The number of aromatic nitrogens is 3. The van der Waals surface area contributed by atoms with E-state index in [0.29, 0.717) is 24.2 Å². The van der Waals surface area contributed by atoms with Crippen LogP contribution >= 0.6 is 11.6 Å². The Bertz CT molecular complexity index is 923. The number of rotatable bonds is 7. The predicted molar refractivity (Wildman–Crippen MR) is 106 cm³/mol. The smallest absolute Gasteiger partial charge is 0.317 e. The maximum Gasteiger partial charge on any atom is 0.317 e. The van der Waals surface area contributed by atoms with Gasteiger partial charge in [-0.3, -0.25) is 4.98 Å². The first-order valence-corrected chi connectivity index (χ1v) is 9.64. The number of pyridine rings is 1. The Morgan fingerprint density at radius 3 is 2.85 bits per heavy atom. The number of imidazole rings is 1. The molecule has 1 fully saturated rings. The van der Waals surface area contributed by atoms with Crippen LogP contribution in [0.4, 0.5) is 4.79 Å². The van der Waals surface area contributed by atoms with Crippen molar-refractivity contribution in [2.24, 2.45) is 0 Å². The van der Waals surface area contributed by atoms with Gasteiger partial charge in [0.25, 0.3) is 0 Å². The van der Waals surface area contributed by atoms with Crippen molar-refractivity contribution < 1.29 is 4.79 Å².